The summed E-state index contributed by atoms with van der Waals surface area (Å²) in [4.78, 5) is 20.3. The van der Waals surface area contributed by atoms with E-state index in [1.165, 1.54) is 23.4 Å². The van der Waals surface area contributed by atoms with E-state index in [-0.39, 0.29) is 11.9 Å². The fourth-order valence-electron chi connectivity index (χ4n) is 3.09. The molecule has 116 valence electrons. The normalized spacial score (nSPS) is 25.6. The average Bonchev–Trinajstić information content (AvgIpc) is 2.92. The number of aromatic nitrogens is 1. The van der Waals surface area contributed by atoms with E-state index < -0.39 is 0 Å². The van der Waals surface area contributed by atoms with Gasteiger partial charge in [0, 0.05) is 18.0 Å². The first-order chi connectivity index (χ1) is 10.2. The van der Waals surface area contributed by atoms with Gasteiger partial charge in [0.05, 0.1) is 11.7 Å². The van der Waals surface area contributed by atoms with E-state index >= 15 is 0 Å². The predicted octanol–water partition coefficient (Wildman–Crippen LogP) is 1.84. The Balaban J connectivity index is 1.82. The van der Waals surface area contributed by atoms with E-state index in [4.69, 9.17) is 4.98 Å². The Morgan fingerprint density at radius 2 is 2.38 bits per heavy atom. The fraction of sp³-hybridized carbons (Fsp3) is 0.733. The molecule has 2 aliphatic rings. The standard InChI is InChI=1S/C15H24N4OS/c1-3-7-16-11-5-4-6-12-13(11)18-15(21-12)19-9-8-17-14(20)10(19)2/h10-11,16H,3-9H2,1-2H3,(H,17,20). The van der Waals surface area contributed by atoms with E-state index in [1.54, 1.807) is 11.3 Å². The van der Waals surface area contributed by atoms with Crippen LogP contribution in [0.2, 0.25) is 0 Å². The Morgan fingerprint density at radius 1 is 1.52 bits per heavy atom. The van der Waals surface area contributed by atoms with Crippen molar-refractivity contribution in [3.63, 3.8) is 0 Å². The lowest BCUT2D eigenvalue weighted by Crippen LogP contribution is -2.54. The van der Waals surface area contributed by atoms with Crippen molar-refractivity contribution in [3.05, 3.63) is 10.6 Å². The van der Waals surface area contributed by atoms with Gasteiger partial charge >= 0.3 is 0 Å². The Morgan fingerprint density at radius 3 is 3.19 bits per heavy atom. The van der Waals surface area contributed by atoms with E-state index in [0.29, 0.717) is 12.6 Å². The smallest absolute Gasteiger partial charge is 0.242 e. The summed E-state index contributed by atoms with van der Waals surface area (Å²) < 4.78 is 0. The zero-order chi connectivity index (χ0) is 14.8. The van der Waals surface area contributed by atoms with Gasteiger partial charge in [0.2, 0.25) is 5.91 Å². The second-order valence-electron chi connectivity index (χ2n) is 5.86. The molecule has 2 atom stereocenters. The number of piperazine rings is 1. The number of carbonyl (C=O) groups excluding carboxylic acids is 1. The van der Waals surface area contributed by atoms with Crippen LogP contribution in [0.4, 0.5) is 5.13 Å². The molecule has 1 aromatic heterocycles. The van der Waals surface area contributed by atoms with Crippen molar-refractivity contribution in [1.82, 2.24) is 15.6 Å². The molecule has 21 heavy (non-hydrogen) atoms. The number of thiazole rings is 1. The van der Waals surface area contributed by atoms with Crippen molar-refractivity contribution >= 4 is 22.4 Å². The molecule has 0 saturated carbocycles. The Bertz CT molecular complexity index is 516. The lowest BCUT2D eigenvalue weighted by Gasteiger charge is -2.32. The molecule has 2 N–H and O–H groups in total. The minimum Gasteiger partial charge on any atom is -0.353 e. The Hall–Kier alpha value is -1.14. The molecule has 2 unspecified atom stereocenters. The maximum absolute atomic E-state index is 11.8. The van der Waals surface area contributed by atoms with Gasteiger partial charge in [0.15, 0.2) is 5.13 Å². The molecule has 0 aromatic carbocycles. The fourth-order valence-corrected chi connectivity index (χ4v) is 4.36. The second kappa shape index (κ2) is 6.32. The maximum Gasteiger partial charge on any atom is 0.242 e. The van der Waals surface area contributed by atoms with Crippen molar-refractivity contribution < 1.29 is 4.79 Å². The monoisotopic (exact) mass is 308 g/mol. The molecule has 6 heteroatoms. The molecule has 1 fully saturated rings. The number of amides is 1. The van der Waals surface area contributed by atoms with Crippen LogP contribution in [0.1, 0.15) is 49.7 Å². The number of fused-ring (bicyclic) bond motifs is 1. The summed E-state index contributed by atoms with van der Waals surface area (Å²) in [6, 6.07) is 0.279. The molecule has 1 amide bonds. The third-order valence-corrected chi connectivity index (χ3v) is 5.50. The number of nitrogens with one attached hydrogen (secondary N) is 2. The zero-order valence-electron chi connectivity index (χ0n) is 12.8. The molecule has 0 spiro atoms. The number of hydrogen-bond donors (Lipinski definition) is 2. The van der Waals surface area contributed by atoms with E-state index in [0.717, 1.165) is 31.1 Å². The highest BCUT2D eigenvalue weighted by Gasteiger charge is 2.31. The highest BCUT2D eigenvalue weighted by molar-refractivity contribution is 7.15. The highest BCUT2D eigenvalue weighted by Crippen LogP contribution is 2.37. The highest BCUT2D eigenvalue weighted by atomic mass is 32.1. The van der Waals surface area contributed by atoms with Crippen molar-refractivity contribution in [2.45, 2.75) is 51.6 Å². The Labute approximate surface area is 130 Å². The molecule has 1 saturated heterocycles. The number of nitrogens with zero attached hydrogens (tertiary/aromatic N) is 2. The molecule has 3 rings (SSSR count). The minimum absolute atomic E-state index is 0.107. The van der Waals surface area contributed by atoms with Crippen LogP contribution in [0.3, 0.4) is 0 Å². The van der Waals surface area contributed by atoms with Gasteiger partial charge in [0.25, 0.3) is 0 Å². The SMILES string of the molecule is CCCNC1CCCc2sc(N3CCNC(=O)C3C)nc21. The summed E-state index contributed by atoms with van der Waals surface area (Å²) in [5.41, 5.74) is 1.23. The summed E-state index contributed by atoms with van der Waals surface area (Å²) in [5.74, 6) is 0.107. The molecule has 5 nitrogen and oxygen atoms in total. The first-order valence-corrected chi connectivity index (χ1v) is 8.79. The zero-order valence-corrected chi connectivity index (χ0v) is 13.6. The topological polar surface area (TPSA) is 57.3 Å². The van der Waals surface area contributed by atoms with Gasteiger partial charge in [0.1, 0.15) is 6.04 Å². The molecule has 2 heterocycles. The number of rotatable bonds is 4. The first-order valence-electron chi connectivity index (χ1n) is 7.98. The third-order valence-electron chi connectivity index (χ3n) is 4.33. The van der Waals surface area contributed by atoms with Crippen LogP contribution in [0.25, 0.3) is 0 Å². The lowest BCUT2D eigenvalue weighted by molar-refractivity contribution is -0.122. The molecule has 1 aliphatic carbocycles. The quantitative estimate of drug-likeness (QED) is 0.891. The summed E-state index contributed by atoms with van der Waals surface area (Å²) in [6.07, 6.45) is 4.68. The van der Waals surface area contributed by atoms with Crippen molar-refractivity contribution in [2.24, 2.45) is 0 Å². The number of anilines is 1. The van der Waals surface area contributed by atoms with E-state index in [1.807, 2.05) is 6.92 Å². The van der Waals surface area contributed by atoms with Crippen LogP contribution in [-0.2, 0) is 11.2 Å². The van der Waals surface area contributed by atoms with Crippen LogP contribution in [0, 0.1) is 0 Å². The minimum atomic E-state index is -0.117. The molecular formula is C15H24N4OS. The largest absolute Gasteiger partial charge is 0.353 e. The number of hydrogen-bond acceptors (Lipinski definition) is 5. The molecule has 0 bridgehead atoms. The number of aryl methyl sites for hydroxylation is 1. The van der Waals surface area contributed by atoms with Crippen molar-refractivity contribution in [2.75, 3.05) is 24.5 Å². The molecular weight excluding hydrogens is 284 g/mol. The number of carbonyl (C=O) groups is 1. The summed E-state index contributed by atoms with van der Waals surface area (Å²) >= 11 is 1.78. The third kappa shape index (κ3) is 2.92. The maximum atomic E-state index is 11.8. The van der Waals surface area contributed by atoms with Crippen molar-refractivity contribution in [1.29, 1.82) is 0 Å². The first kappa shape index (κ1) is 14.8. The van der Waals surface area contributed by atoms with Gasteiger partial charge in [-0.15, -0.1) is 11.3 Å². The van der Waals surface area contributed by atoms with Crippen molar-refractivity contribution in [3.8, 4) is 0 Å². The van der Waals surface area contributed by atoms with Gasteiger partial charge in [-0.3, -0.25) is 4.79 Å². The van der Waals surface area contributed by atoms with Crippen LogP contribution in [0.5, 0.6) is 0 Å². The van der Waals surface area contributed by atoms with Crippen LogP contribution in [0.15, 0.2) is 0 Å². The van der Waals surface area contributed by atoms with Gasteiger partial charge in [-0.25, -0.2) is 4.98 Å². The van der Waals surface area contributed by atoms with Crippen LogP contribution < -0.4 is 15.5 Å². The van der Waals surface area contributed by atoms with Crippen LogP contribution in [-0.4, -0.2) is 36.6 Å². The summed E-state index contributed by atoms with van der Waals surface area (Å²) in [7, 11) is 0. The Kier molecular flexibility index (Phi) is 4.45. The van der Waals surface area contributed by atoms with Gasteiger partial charge < -0.3 is 15.5 Å². The van der Waals surface area contributed by atoms with Gasteiger partial charge in [-0.2, -0.15) is 0 Å². The molecule has 1 aromatic rings. The van der Waals surface area contributed by atoms with Crippen LogP contribution >= 0.6 is 11.3 Å². The summed E-state index contributed by atoms with van der Waals surface area (Å²) in [5, 5.41) is 7.54. The van der Waals surface area contributed by atoms with Gasteiger partial charge in [-0.1, -0.05) is 6.92 Å². The van der Waals surface area contributed by atoms with E-state index in [9.17, 15) is 4.79 Å². The average molecular weight is 308 g/mol. The second-order valence-corrected chi connectivity index (χ2v) is 6.93. The predicted molar refractivity (Wildman–Crippen MR) is 85.9 cm³/mol. The van der Waals surface area contributed by atoms with Gasteiger partial charge in [-0.05, 0) is 39.2 Å². The molecule has 0 radical (unpaired) electrons. The lowest BCUT2D eigenvalue weighted by atomic mass is 9.97. The van der Waals surface area contributed by atoms with E-state index in [2.05, 4.69) is 22.5 Å². The summed E-state index contributed by atoms with van der Waals surface area (Å²) in [6.45, 7) is 6.76. The molecule has 1 aliphatic heterocycles.